The number of aliphatic hydroxyl groups is 1. The van der Waals surface area contributed by atoms with Gasteiger partial charge in [-0.2, -0.15) is 0 Å². The summed E-state index contributed by atoms with van der Waals surface area (Å²) in [5, 5.41) is 17.5. The van der Waals surface area contributed by atoms with Crippen molar-refractivity contribution in [1.29, 1.82) is 0 Å². The molecule has 0 spiro atoms. The summed E-state index contributed by atoms with van der Waals surface area (Å²) >= 11 is 0. The van der Waals surface area contributed by atoms with Crippen molar-refractivity contribution in [1.82, 2.24) is 20.1 Å². The monoisotopic (exact) mass is 525 g/mol. The first kappa shape index (κ1) is 26.1. The number of urea groups is 1. The lowest BCUT2D eigenvalue weighted by Gasteiger charge is -2.54. The van der Waals surface area contributed by atoms with E-state index in [1.54, 1.807) is 36.3 Å². The summed E-state index contributed by atoms with van der Waals surface area (Å²) in [4.78, 5) is 21.2. The minimum Gasteiger partial charge on any atom is -0.383 e. The number of benzene rings is 2. The van der Waals surface area contributed by atoms with Crippen LogP contribution in [0, 0.1) is 29.3 Å². The van der Waals surface area contributed by atoms with Crippen LogP contribution in [0.15, 0.2) is 54.7 Å². The Kier molecular flexibility index (Phi) is 7.13. The number of rotatable bonds is 5. The van der Waals surface area contributed by atoms with Crippen molar-refractivity contribution < 1.29 is 23.1 Å². The van der Waals surface area contributed by atoms with E-state index in [1.807, 2.05) is 13.1 Å². The molecular weight excluding hydrogens is 495 g/mol. The van der Waals surface area contributed by atoms with Crippen LogP contribution in [0.2, 0.25) is 0 Å². The second-order valence-electron chi connectivity index (χ2n) is 10.2. The minimum absolute atomic E-state index is 0.0269. The third kappa shape index (κ3) is 4.99. The van der Waals surface area contributed by atoms with Gasteiger partial charge in [0.2, 0.25) is 0 Å². The second kappa shape index (κ2) is 10.4. The quantitative estimate of drug-likeness (QED) is 0.472. The first-order chi connectivity index (χ1) is 18.2. The molecule has 1 aromatic heterocycles. The molecule has 0 saturated carbocycles. The number of piperidine rings is 2. The lowest BCUT2D eigenvalue weighted by molar-refractivity contribution is -0.155. The number of fused-ring (bicyclic) bond motifs is 2. The molecule has 2 aromatic carbocycles. The molecule has 1 unspecified atom stereocenters. The number of nitrogens with zero attached hydrogens (tertiary/aromatic N) is 3. The van der Waals surface area contributed by atoms with Crippen molar-refractivity contribution in [3.05, 3.63) is 83.4 Å². The van der Waals surface area contributed by atoms with Gasteiger partial charge >= 0.3 is 6.03 Å². The molecule has 3 heterocycles. The number of likely N-dealkylation sites (tertiary alicyclic amines) is 2. The summed E-state index contributed by atoms with van der Waals surface area (Å²) in [6, 6.07) is 10.9. The molecule has 2 bridgehead atoms. The van der Waals surface area contributed by atoms with Gasteiger partial charge in [-0.05, 0) is 43.9 Å². The van der Waals surface area contributed by atoms with Crippen molar-refractivity contribution >= 4 is 11.7 Å². The number of nitrogens with one attached hydrogen (secondary N) is 2. The summed E-state index contributed by atoms with van der Waals surface area (Å²) in [5.41, 5.74) is 1.08. The van der Waals surface area contributed by atoms with E-state index in [1.165, 1.54) is 6.07 Å². The third-order valence-corrected chi connectivity index (χ3v) is 7.49. The second-order valence-corrected chi connectivity index (χ2v) is 10.2. The van der Waals surface area contributed by atoms with Gasteiger partial charge < -0.3 is 25.5 Å². The van der Waals surface area contributed by atoms with Crippen LogP contribution in [-0.4, -0.2) is 66.2 Å². The summed E-state index contributed by atoms with van der Waals surface area (Å²) in [5.74, 6) is -2.62. The zero-order valence-corrected chi connectivity index (χ0v) is 21.2. The predicted molar refractivity (Wildman–Crippen MR) is 138 cm³/mol. The molecule has 2 fully saturated rings. The highest BCUT2D eigenvalue weighted by atomic mass is 19.1. The highest BCUT2D eigenvalue weighted by Gasteiger charge is 2.54. The van der Waals surface area contributed by atoms with Gasteiger partial charge in [0.25, 0.3) is 0 Å². The SMILES string of the molecule is CNCc1ccc(-c2ccc(C3(O)[C@@H]4CN(C)C[C@H]3CN(C(=O)Nc3cc(F)cc(F)c3)C4)nc2)c(F)c1. The fourth-order valence-electron chi connectivity index (χ4n) is 5.75. The molecule has 3 N–H and O–H groups in total. The van der Waals surface area contributed by atoms with Gasteiger partial charge in [0.15, 0.2) is 0 Å². The first-order valence-corrected chi connectivity index (χ1v) is 12.5. The Balaban J connectivity index is 1.36. The molecule has 2 amide bonds. The topological polar surface area (TPSA) is 80.7 Å². The Bertz CT molecular complexity index is 1300. The first-order valence-electron chi connectivity index (χ1n) is 12.5. The van der Waals surface area contributed by atoms with E-state index in [4.69, 9.17) is 0 Å². The number of aromatic nitrogens is 1. The molecule has 5 rings (SSSR count). The standard InChI is InChI=1S/C28H30F3N5O2/c1-32-11-17-3-5-24(25(31)7-17)18-4-6-26(33-12-18)28(38)19-13-35(2)14-20(28)16-36(15-19)27(37)34-23-9-21(29)8-22(30)10-23/h3-10,12,19-20,32,38H,11,13-16H2,1-2H3,(H,34,37)/t19-,20+,28?. The normalized spacial score (nSPS) is 23.4. The van der Waals surface area contributed by atoms with Gasteiger partial charge in [0, 0.05) is 73.6 Å². The number of amides is 2. The van der Waals surface area contributed by atoms with Gasteiger partial charge in [-0.25, -0.2) is 18.0 Å². The van der Waals surface area contributed by atoms with Crippen LogP contribution in [-0.2, 0) is 12.1 Å². The Hall–Kier alpha value is -3.47. The van der Waals surface area contributed by atoms with E-state index < -0.39 is 23.3 Å². The van der Waals surface area contributed by atoms with Gasteiger partial charge in [-0.15, -0.1) is 0 Å². The summed E-state index contributed by atoms with van der Waals surface area (Å²) < 4.78 is 41.9. The number of anilines is 1. The van der Waals surface area contributed by atoms with Crippen LogP contribution in [0.1, 0.15) is 11.3 Å². The number of hydrogen-bond donors (Lipinski definition) is 3. The number of carbonyl (C=O) groups excluding carboxylic acids is 1. The van der Waals surface area contributed by atoms with Crippen LogP contribution in [0.3, 0.4) is 0 Å². The highest BCUT2D eigenvalue weighted by molar-refractivity contribution is 5.89. The van der Waals surface area contributed by atoms with Gasteiger partial charge in [0.1, 0.15) is 23.1 Å². The Morgan fingerprint density at radius 2 is 1.71 bits per heavy atom. The van der Waals surface area contributed by atoms with Crippen molar-refractivity contribution in [2.75, 3.05) is 45.6 Å². The van der Waals surface area contributed by atoms with Gasteiger partial charge in [0.05, 0.1) is 5.69 Å². The molecule has 7 nitrogen and oxygen atoms in total. The molecule has 2 aliphatic heterocycles. The zero-order chi connectivity index (χ0) is 27.0. The Morgan fingerprint density at radius 1 is 1.03 bits per heavy atom. The lowest BCUT2D eigenvalue weighted by Crippen LogP contribution is -2.66. The average Bonchev–Trinajstić information content (AvgIpc) is 2.84. The molecule has 0 radical (unpaired) electrons. The summed E-state index contributed by atoms with van der Waals surface area (Å²) in [6.45, 7) is 2.07. The molecule has 38 heavy (non-hydrogen) atoms. The fraction of sp³-hybridized carbons (Fsp3) is 0.357. The molecular formula is C28H30F3N5O2. The number of halogens is 3. The summed E-state index contributed by atoms with van der Waals surface area (Å²) in [7, 11) is 3.76. The highest BCUT2D eigenvalue weighted by Crippen LogP contribution is 2.44. The van der Waals surface area contributed by atoms with Crippen LogP contribution in [0.25, 0.3) is 11.1 Å². The maximum Gasteiger partial charge on any atom is 0.321 e. The van der Waals surface area contributed by atoms with Crippen LogP contribution >= 0.6 is 0 Å². The van der Waals surface area contributed by atoms with Crippen molar-refractivity contribution in [2.45, 2.75) is 12.1 Å². The smallest absolute Gasteiger partial charge is 0.321 e. The van der Waals surface area contributed by atoms with Crippen LogP contribution in [0.4, 0.5) is 23.7 Å². The largest absolute Gasteiger partial charge is 0.383 e. The van der Waals surface area contributed by atoms with E-state index in [2.05, 4.69) is 20.5 Å². The molecule has 10 heteroatoms. The molecule has 2 saturated heterocycles. The lowest BCUT2D eigenvalue weighted by atomic mass is 9.68. The molecule has 0 aliphatic carbocycles. The van der Waals surface area contributed by atoms with Gasteiger partial charge in [-0.1, -0.05) is 18.2 Å². The van der Waals surface area contributed by atoms with Crippen molar-refractivity contribution in [3.63, 3.8) is 0 Å². The van der Waals surface area contributed by atoms with E-state index in [9.17, 15) is 23.1 Å². The number of carbonyl (C=O) groups is 1. The third-order valence-electron chi connectivity index (χ3n) is 7.49. The maximum atomic E-state index is 14.7. The van der Waals surface area contributed by atoms with E-state index in [0.29, 0.717) is 36.5 Å². The Labute approximate surface area is 219 Å². The number of pyridine rings is 1. The molecule has 200 valence electrons. The zero-order valence-electron chi connectivity index (χ0n) is 21.2. The van der Waals surface area contributed by atoms with Crippen molar-refractivity contribution in [2.24, 2.45) is 11.8 Å². The summed E-state index contributed by atoms with van der Waals surface area (Å²) in [6.07, 6.45) is 1.57. The Morgan fingerprint density at radius 3 is 2.29 bits per heavy atom. The molecule has 3 atom stereocenters. The average molecular weight is 526 g/mol. The molecule has 3 aromatic rings. The van der Waals surface area contributed by atoms with Crippen molar-refractivity contribution in [3.8, 4) is 11.1 Å². The van der Waals surface area contributed by atoms with E-state index in [0.717, 1.165) is 23.8 Å². The number of hydrogen-bond acceptors (Lipinski definition) is 5. The van der Waals surface area contributed by atoms with E-state index >= 15 is 0 Å². The van der Waals surface area contributed by atoms with Crippen LogP contribution in [0.5, 0.6) is 0 Å². The van der Waals surface area contributed by atoms with Crippen LogP contribution < -0.4 is 10.6 Å². The predicted octanol–water partition coefficient (Wildman–Crippen LogP) is 3.80. The molecule has 2 aliphatic rings. The van der Waals surface area contributed by atoms with E-state index in [-0.39, 0.29) is 36.4 Å². The minimum atomic E-state index is -1.29. The van der Waals surface area contributed by atoms with Gasteiger partial charge in [-0.3, -0.25) is 4.98 Å². The fourth-order valence-corrected chi connectivity index (χ4v) is 5.75. The maximum absolute atomic E-state index is 14.7.